The first-order valence-corrected chi connectivity index (χ1v) is 18.3. The lowest BCUT2D eigenvalue weighted by Crippen LogP contribution is -2.02. The molecule has 0 aliphatic rings. The highest BCUT2D eigenvalue weighted by Crippen LogP contribution is 2.39. The molecule has 11 aromatic rings. The maximum atomic E-state index is 5.25. The summed E-state index contributed by atoms with van der Waals surface area (Å²) < 4.78 is 4.70. The van der Waals surface area contributed by atoms with Crippen LogP contribution < -0.4 is 0 Å². The zero-order chi connectivity index (χ0) is 35.6. The van der Waals surface area contributed by atoms with Crippen molar-refractivity contribution in [3.63, 3.8) is 0 Å². The number of rotatable bonds is 5. The van der Waals surface area contributed by atoms with Crippen LogP contribution in [0, 0.1) is 0 Å². The Morgan fingerprint density at radius 1 is 0.315 bits per heavy atom. The Labute approximate surface area is 311 Å². The van der Waals surface area contributed by atoms with Crippen molar-refractivity contribution in [3.05, 3.63) is 194 Å². The van der Waals surface area contributed by atoms with Crippen LogP contribution in [0.1, 0.15) is 0 Å². The van der Waals surface area contributed by atoms with Crippen molar-refractivity contribution >= 4 is 54.4 Å². The first-order valence-electron chi connectivity index (χ1n) is 18.3. The number of aromatic nitrogens is 4. The van der Waals surface area contributed by atoms with Crippen LogP contribution in [0.15, 0.2) is 194 Å². The van der Waals surface area contributed by atoms with E-state index < -0.39 is 0 Å². The van der Waals surface area contributed by atoms with Gasteiger partial charge in [-0.05, 0) is 64.4 Å². The molecule has 8 aromatic carbocycles. The van der Waals surface area contributed by atoms with Crippen LogP contribution in [0.5, 0.6) is 0 Å². The zero-order valence-corrected chi connectivity index (χ0v) is 29.3. The van der Waals surface area contributed by atoms with Gasteiger partial charge in [-0.1, -0.05) is 146 Å². The van der Waals surface area contributed by atoms with Gasteiger partial charge >= 0.3 is 0 Å². The Hall–Kier alpha value is -7.30. The second kappa shape index (κ2) is 12.1. The van der Waals surface area contributed by atoms with Crippen LogP contribution in [0.2, 0.25) is 0 Å². The van der Waals surface area contributed by atoms with E-state index in [0.717, 1.165) is 44.9 Å². The molecule has 54 heavy (non-hydrogen) atoms. The molecule has 4 heteroatoms. The summed E-state index contributed by atoms with van der Waals surface area (Å²) in [6.45, 7) is 0. The highest BCUT2D eigenvalue weighted by Gasteiger charge is 2.18. The quantitative estimate of drug-likeness (QED) is 0.180. The van der Waals surface area contributed by atoms with Gasteiger partial charge in [0.25, 0.3) is 0 Å². The molecule has 0 fully saturated rings. The number of fused-ring (bicyclic) bond motifs is 7. The topological polar surface area (TPSA) is 35.6 Å². The summed E-state index contributed by atoms with van der Waals surface area (Å²) in [6, 6.07) is 69.1. The highest BCUT2D eigenvalue weighted by molar-refractivity contribution is 6.12. The third-order valence-corrected chi connectivity index (χ3v) is 10.7. The number of benzene rings is 8. The first-order chi connectivity index (χ1) is 26.8. The van der Waals surface area contributed by atoms with Crippen molar-refractivity contribution < 1.29 is 0 Å². The summed E-state index contributed by atoms with van der Waals surface area (Å²) in [5.74, 6) is 1.53. The molecule has 4 nitrogen and oxygen atoms in total. The molecule has 0 N–H and O–H groups in total. The van der Waals surface area contributed by atoms with Crippen molar-refractivity contribution in [2.75, 3.05) is 0 Å². The largest absolute Gasteiger partial charge is 0.309 e. The third kappa shape index (κ3) is 4.85. The normalized spacial score (nSPS) is 11.7. The van der Waals surface area contributed by atoms with E-state index in [1.54, 1.807) is 0 Å². The minimum atomic E-state index is 0.697. The van der Waals surface area contributed by atoms with Crippen LogP contribution >= 0.6 is 0 Å². The Morgan fingerprint density at radius 3 is 1.70 bits per heavy atom. The van der Waals surface area contributed by atoms with Crippen LogP contribution in [0.4, 0.5) is 0 Å². The van der Waals surface area contributed by atoms with E-state index in [2.05, 4.69) is 179 Å². The van der Waals surface area contributed by atoms with Gasteiger partial charge in [-0.15, -0.1) is 0 Å². The van der Waals surface area contributed by atoms with Crippen LogP contribution in [0.25, 0.3) is 99.7 Å². The predicted molar refractivity (Wildman–Crippen MR) is 225 cm³/mol. The molecular formula is C50H32N4. The number of hydrogen-bond acceptors (Lipinski definition) is 2. The van der Waals surface area contributed by atoms with E-state index in [1.807, 2.05) is 24.3 Å². The van der Waals surface area contributed by atoms with Crippen LogP contribution in [-0.4, -0.2) is 19.1 Å². The maximum absolute atomic E-state index is 5.25. The number of nitrogens with zero attached hydrogens (tertiary/aromatic N) is 4. The number of hydrogen-bond donors (Lipinski definition) is 0. The third-order valence-electron chi connectivity index (χ3n) is 10.7. The Morgan fingerprint density at radius 2 is 0.907 bits per heavy atom. The minimum absolute atomic E-state index is 0.697. The molecule has 0 radical (unpaired) electrons. The average Bonchev–Trinajstić information content (AvgIpc) is 3.76. The van der Waals surface area contributed by atoms with E-state index in [-0.39, 0.29) is 0 Å². The SMILES string of the molecule is c1ccc(-c2cc(-n3c4ccccc4c4ccc(-c5ccc6c(c5)c5ccccc5n6-c5ccc6ccccc6c5)cc43)nc(-c3ccccc3)n2)cc1. The lowest BCUT2D eigenvalue weighted by Gasteiger charge is -2.13. The molecule has 0 unspecified atom stereocenters. The summed E-state index contributed by atoms with van der Waals surface area (Å²) in [5, 5.41) is 7.31. The summed E-state index contributed by atoms with van der Waals surface area (Å²) in [4.78, 5) is 10.3. The van der Waals surface area contributed by atoms with E-state index >= 15 is 0 Å². The van der Waals surface area contributed by atoms with Crippen molar-refractivity contribution in [1.29, 1.82) is 0 Å². The lowest BCUT2D eigenvalue weighted by molar-refractivity contribution is 1.05. The smallest absolute Gasteiger partial charge is 0.162 e. The van der Waals surface area contributed by atoms with Gasteiger partial charge in [-0.2, -0.15) is 0 Å². The van der Waals surface area contributed by atoms with Gasteiger partial charge in [-0.25, -0.2) is 9.97 Å². The predicted octanol–water partition coefficient (Wildman–Crippen LogP) is 12.8. The van der Waals surface area contributed by atoms with Gasteiger partial charge in [0.2, 0.25) is 0 Å². The van der Waals surface area contributed by atoms with E-state index in [0.29, 0.717) is 5.82 Å². The summed E-state index contributed by atoms with van der Waals surface area (Å²) in [6.07, 6.45) is 0. The maximum Gasteiger partial charge on any atom is 0.162 e. The van der Waals surface area contributed by atoms with Crippen molar-refractivity contribution in [1.82, 2.24) is 19.1 Å². The van der Waals surface area contributed by atoms with Gasteiger partial charge < -0.3 is 4.57 Å². The van der Waals surface area contributed by atoms with Crippen molar-refractivity contribution in [2.45, 2.75) is 0 Å². The molecule has 0 aliphatic carbocycles. The van der Waals surface area contributed by atoms with E-state index in [9.17, 15) is 0 Å². The lowest BCUT2D eigenvalue weighted by atomic mass is 10.0. The van der Waals surface area contributed by atoms with Crippen molar-refractivity contribution in [2.24, 2.45) is 0 Å². The average molecular weight is 689 g/mol. The molecule has 0 amide bonds. The number of para-hydroxylation sites is 2. The van der Waals surface area contributed by atoms with Gasteiger partial charge in [0.15, 0.2) is 5.82 Å². The Balaban J connectivity index is 1.12. The molecule has 3 heterocycles. The van der Waals surface area contributed by atoms with Gasteiger partial charge in [0.1, 0.15) is 5.82 Å². The van der Waals surface area contributed by atoms with Crippen LogP contribution in [-0.2, 0) is 0 Å². The van der Waals surface area contributed by atoms with E-state index in [1.165, 1.54) is 48.9 Å². The summed E-state index contributed by atoms with van der Waals surface area (Å²) in [7, 11) is 0. The molecule has 0 saturated carbocycles. The fourth-order valence-corrected chi connectivity index (χ4v) is 8.17. The molecule has 0 atom stereocenters. The van der Waals surface area contributed by atoms with Crippen molar-refractivity contribution in [3.8, 4) is 45.3 Å². The summed E-state index contributed by atoms with van der Waals surface area (Å²) >= 11 is 0. The van der Waals surface area contributed by atoms with Gasteiger partial charge in [-0.3, -0.25) is 4.57 Å². The molecule has 3 aromatic heterocycles. The molecule has 252 valence electrons. The molecule has 0 bridgehead atoms. The first kappa shape index (κ1) is 30.3. The Bertz CT molecular complexity index is 3150. The van der Waals surface area contributed by atoms with E-state index in [4.69, 9.17) is 9.97 Å². The molecule has 11 rings (SSSR count). The second-order valence-electron chi connectivity index (χ2n) is 13.9. The highest BCUT2D eigenvalue weighted by atomic mass is 15.1. The van der Waals surface area contributed by atoms with Gasteiger partial charge in [0.05, 0.1) is 27.8 Å². The monoisotopic (exact) mass is 688 g/mol. The second-order valence-corrected chi connectivity index (χ2v) is 13.9. The molecule has 0 saturated heterocycles. The van der Waals surface area contributed by atoms with Gasteiger partial charge in [0, 0.05) is 44.4 Å². The fourth-order valence-electron chi connectivity index (χ4n) is 8.17. The van der Waals surface area contributed by atoms with Crippen LogP contribution in [0.3, 0.4) is 0 Å². The molecular weight excluding hydrogens is 657 g/mol. The minimum Gasteiger partial charge on any atom is -0.309 e. The summed E-state index contributed by atoms with van der Waals surface area (Å²) in [5.41, 5.74) is 11.0. The molecule has 0 aliphatic heterocycles. The fraction of sp³-hybridized carbons (Fsp3) is 0. The zero-order valence-electron chi connectivity index (χ0n) is 29.3. The molecule has 0 spiro atoms. The standard InChI is InChI=1S/C50H32N4/c1-3-14-34(15-4-1)44-32-49(52-50(51-44)35-16-5-2-6-17-35)54-46-22-12-9-19-40(46)42-27-24-38(31-48(42)54)37-25-28-47-43(30-37)41-20-10-11-21-45(41)53(47)39-26-23-33-13-7-8-18-36(33)29-39/h1-32H. The Kier molecular flexibility index (Phi) is 6.82.